The highest BCUT2D eigenvalue weighted by Crippen LogP contribution is 2.64. The minimum Gasteiger partial charge on any atom is -0.459 e. The van der Waals surface area contributed by atoms with Gasteiger partial charge in [0.15, 0.2) is 0 Å². The van der Waals surface area contributed by atoms with Gasteiger partial charge in [-0.1, -0.05) is 13.5 Å². The van der Waals surface area contributed by atoms with E-state index in [9.17, 15) is 9.59 Å². The van der Waals surface area contributed by atoms with Crippen LogP contribution in [-0.2, 0) is 19.1 Å². The highest BCUT2D eigenvalue weighted by Gasteiger charge is 2.61. The maximum Gasteiger partial charge on any atom is 0.333 e. The van der Waals surface area contributed by atoms with Gasteiger partial charge >= 0.3 is 11.9 Å². The van der Waals surface area contributed by atoms with Gasteiger partial charge in [-0.3, -0.25) is 4.79 Å². The van der Waals surface area contributed by atoms with Crippen molar-refractivity contribution in [1.29, 1.82) is 0 Å². The van der Waals surface area contributed by atoms with E-state index in [1.54, 1.807) is 6.92 Å². The van der Waals surface area contributed by atoms with E-state index in [4.69, 9.17) is 9.47 Å². The zero-order chi connectivity index (χ0) is 18.0. The van der Waals surface area contributed by atoms with Crippen molar-refractivity contribution in [2.45, 2.75) is 77.4 Å². The van der Waals surface area contributed by atoms with E-state index in [-0.39, 0.29) is 29.6 Å². The fraction of sp³-hybridized carbons (Fsp3) is 0.810. The highest BCUT2D eigenvalue weighted by molar-refractivity contribution is 5.87. The Kier molecular flexibility index (Phi) is 3.82. The number of hydrogen-bond acceptors (Lipinski definition) is 4. The summed E-state index contributed by atoms with van der Waals surface area (Å²) >= 11 is 0. The minimum absolute atomic E-state index is 0.0808. The summed E-state index contributed by atoms with van der Waals surface area (Å²) in [6, 6.07) is 0. The van der Waals surface area contributed by atoms with Gasteiger partial charge in [-0.15, -0.1) is 0 Å². The second-order valence-corrected chi connectivity index (χ2v) is 9.74. The molecule has 0 N–H and O–H groups in total. The molecule has 2 unspecified atom stereocenters. The van der Waals surface area contributed by atoms with Gasteiger partial charge in [0, 0.05) is 5.57 Å². The first-order valence-corrected chi connectivity index (χ1v) is 9.78. The second-order valence-electron chi connectivity index (χ2n) is 9.74. The zero-order valence-corrected chi connectivity index (χ0v) is 15.7. The molecule has 5 aliphatic rings. The SMILES string of the molecule is C=C(C)C(=O)OC1CC(C(=O)OC2(C)C3CC4CC2CC(C)(C4)C3)C1. The average Bonchev–Trinajstić information content (AvgIpc) is 2.46. The van der Waals surface area contributed by atoms with Crippen molar-refractivity contribution in [3.05, 3.63) is 12.2 Å². The van der Waals surface area contributed by atoms with Crippen LogP contribution in [0.25, 0.3) is 0 Å². The summed E-state index contributed by atoms with van der Waals surface area (Å²) in [5.74, 6) is 1.31. The van der Waals surface area contributed by atoms with Crippen molar-refractivity contribution in [1.82, 2.24) is 0 Å². The summed E-state index contributed by atoms with van der Waals surface area (Å²) in [6.07, 6.45) is 7.22. The first-order chi connectivity index (χ1) is 11.7. The summed E-state index contributed by atoms with van der Waals surface area (Å²) in [7, 11) is 0. The van der Waals surface area contributed by atoms with E-state index in [1.807, 2.05) is 0 Å². The molecule has 0 spiro atoms. The molecule has 0 aromatic carbocycles. The van der Waals surface area contributed by atoms with Crippen LogP contribution in [0.3, 0.4) is 0 Å². The van der Waals surface area contributed by atoms with Crippen LogP contribution in [-0.4, -0.2) is 23.6 Å². The van der Waals surface area contributed by atoms with Crippen LogP contribution in [0, 0.1) is 29.1 Å². The Morgan fingerprint density at radius 3 is 2.12 bits per heavy atom. The van der Waals surface area contributed by atoms with Crippen LogP contribution in [0.2, 0.25) is 0 Å². The Balaban J connectivity index is 1.35. The lowest BCUT2D eigenvalue weighted by molar-refractivity contribution is -0.223. The topological polar surface area (TPSA) is 52.6 Å². The summed E-state index contributed by atoms with van der Waals surface area (Å²) in [4.78, 5) is 24.2. The third-order valence-corrected chi connectivity index (χ3v) is 7.49. The van der Waals surface area contributed by atoms with Crippen molar-refractivity contribution in [3.63, 3.8) is 0 Å². The molecule has 4 nitrogen and oxygen atoms in total. The van der Waals surface area contributed by atoms with Gasteiger partial charge in [-0.25, -0.2) is 4.79 Å². The molecule has 0 heterocycles. The number of esters is 2. The molecule has 0 amide bonds. The van der Waals surface area contributed by atoms with Crippen molar-refractivity contribution >= 4 is 11.9 Å². The molecule has 5 rings (SSSR count). The molecule has 5 fully saturated rings. The van der Waals surface area contributed by atoms with Crippen LogP contribution in [0.4, 0.5) is 0 Å². The molecule has 2 atom stereocenters. The van der Waals surface area contributed by atoms with Gasteiger partial charge in [-0.2, -0.15) is 0 Å². The van der Waals surface area contributed by atoms with Gasteiger partial charge in [0.05, 0.1) is 5.92 Å². The van der Waals surface area contributed by atoms with Gasteiger partial charge in [0.25, 0.3) is 0 Å². The standard InChI is InChI=1S/C21H30O4/c1-12(2)18(22)24-17-7-14(8-17)19(23)25-21(4)15-5-13-6-16(21)11-20(3,9-13)10-15/h13-17H,1,5-11H2,2-4H3. The zero-order valence-electron chi connectivity index (χ0n) is 15.7. The molecule has 4 heteroatoms. The quantitative estimate of drug-likeness (QED) is 0.569. The predicted molar refractivity (Wildman–Crippen MR) is 93.6 cm³/mol. The number of carbonyl (C=O) groups is 2. The Bertz CT molecular complexity index is 599. The summed E-state index contributed by atoms with van der Waals surface area (Å²) < 4.78 is 11.5. The van der Waals surface area contributed by atoms with E-state index in [0.29, 0.717) is 35.7 Å². The lowest BCUT2D eigenvalue weighted by Crippen LogP contribution is -2.61. The number of ether oxygens (including phenoxy) is 2. The molecule has 25 heavy (non-hydrogen) atoms. The maximum atomic E-state index is 12.7. The molecule has 0 radical (unpaired) electrons. The Hall–Kier alpha value is -1.32. The van der Waals surface area contributed by atoms with Crippen LogP contribution in [0.15, 0.2) is 12.2 Å². The van der Waals surface area contributed by atoms with Crippen LogP contribution < -0.4 is 0 Å². The monoisotopic (exact) mass is 346 g/mol. The van der Waals surface area contributed by atoms with E-state index >= 15 is 0 Å². The maximum absolute atomic E-state index is 12.7. The molecule has 0 saturated heterocycles. The van der Waals surface area contributed by atoms with Crippen LogP contribution in [0.1, 0.15) is 65.7 Å². The molecule has 4 bridgehead atoms. The summed E-state index contributed by atoms with van der Waals surface area (Å²) in [5, 5.41) is 0. The second kappa shape index (κ2) is 5.59. The molecular weight excluding hydrogens is 316 g/mol. The lowest BCUT2D eigenvalue weighted by Gasteiger charge is -2.63. The van der Waals surface area contributed by atoms with Crippen molar-refractivity contribution in [3.8, 4) is 0 Å². The largest absolute Gasteiger partial charge is 0.459 e. The Labute approximate surface area is 150 Å². The molecule has 5 saturated carbocycles. The molecule has 0 aromatic rings. The molecular formula is C21H30O4. The van der Waals surface area contributed by atoms with Crippen LogP contribution >= 0.6 is 0 Å². The smallest absolute Gasteiger partial charge is 0.333 e. The molecule has 0 aromatic heterocycles. The van der Waals surface area contributed by atoms with Gasteiger partial charge in [0.2, 0.25) is 0 Å². The predicted octanol–water partition coefficient (Wildman–Crippen LogP) is 4.03. The number of carbonyl (C=O) groups excluding carboxylic acids is 2. The van der Waals surface area contributed by atoms with Crippen molar-refractivity contribution in [2.24, 2.45) is 29.1 Å². The van der Waals surface area contributed by atoms with Gasteiger partial charge in [0.1, 0.15) is 11.7 Å². The third kappa shape index (κ3) is 2.82. The van der Waals surface area contributed by atoms with E-state index in [0.717, 1.165) is 5.92 Å². The van der Waals surface area contributed by atoms with Crippen molar-refractivity contribution < 1.29 is 19.1 Å². The van der Waals surface area contributed by atoms with Crippen molar-refractivity contribution in [2.75, 3.05) is 0 Å². The Morgan fingerprint density at radius 2 is 1.60 bits per heavy atom. The van der Waals surface area contributed by atoms with E-state index < -0.39 is 0 Å². The minimum atomic E-state index is -0.363. The average molecular weight is 346 g/mol. The first kappa shape index (κ1) is 17.1. The molecule has 138 valence electrons. The van der Waals surface area contributed by atoms with Crippen LogP contribution in [0.5, 0.6) is 0 Å². The normalized spacial score (nSPS) is 47.1. The first-order valence-electron chi connectivity index (χ1n) is 9.78. The highest BCUT2D eigenvalue weighted by atomic mass is 16.6. The fourth-order valence-electron chi connectivity index (χ4n) is 6.15. The van der Waals surface area contributed by atoms with Gasteiger partial charge in [-0.05, 0) is 82.0 Å². The Morgan fingerprint density at radius 1 is 1.00 bits per heavy atom. The molecule has 5 aliphatic carbocycles. The molecule has 0 aliphatic heterocycles. The lowest BCUT2D eigenvalue weighted by atomic mass is 9.45. The van der Waals surface area contributed by atoms with Gasteiger partial charge < -0.3 is 9.47 Å². The van der Waals surface area contributed by atoms with E-state index in [1.165, 1.54) is 32.1 Å². The number of rotatable bonds is 4. The van der Waals surface area contributed by atoms with E-state index in [2.05, 4.69) is 20.4 Å². The third-order valence-electron chi connectivity index (χ3n) is 7.49. The summed E-state index contributed by atoms with van der Waals surface area (Å²) in [5.41, 5.74) is 0.592. The number of hydrogen-bond donors (Lipinski definition) is 0. The fourth-order valence-corrected chi connectivity index (χ4v) is 6.15. The summed E-state index contributed by atoms with van der Waals surface area (Å²) in [6.45, 7) is 9.83.